The lowest BCUT2D eigenvalue weighted by Gasteiger charge is -2.42. The Balaban J connectivity index is 1.76. The van der Waals surface area contributed by atoms with Gasteiger partial charge in [-0.3, -0.25) is 0 Å². The molecule has 1 aromatic rings. The van der Waals surface area contributed by atoms with Crippen molar-refractivity contribution in [3.8, 4) is 0 Å². The van der Waals surface area contributed by atoms with E-state index in [2.05, 4.69) is 47.8 Å². The Labute approximate surface area is 149 Å². The van der Waals surface area contributed by atoms with E-state index in [1.807, 2.05) is 6.07 Å². The monoisotopic (exact) mass is 378 g/mol. The summed E-state index contributed by atoms with van der Waals surface area (Å²) in [6.45, 7) is 6.94. The van der Waals surface area contributed by atoms with E-state index in [9.17, 15) is 0 Å². The van der Waals surface area contributed by atoms with Crippen LogP contribution in [0.25, 0.3) is 0 Å². The van der Waals surface area contributed by atoms with Crippen molar-refractivity contribution in [2.45, 2.75) is 82.1 Å². The minimum atomic E-state index is 0.0864. The van der Waals surface area contributed by atoms with Crippen LogP contribution in [0.15, 0.2) is 16.7 Å². The Kier molecular flexibility index (Phi) is 4.81. The van der Waals surface area contributed by atoms with Crippen molar-refractivity contribution in [1.29, 1.82) is 0 Å². The van der Waals surface area contributed by atoms with Crippen molar-refractivity contribution >= 4 is 28.9 Å². The molecule has 0 radical (unpaired) electrons. The molecule has 2 fully saturated rings. The van der Waals surface area contributed by atoms with Crippen LogP contribution in [0, 0.1) is 0 Å². The van der Waals surface area contributed by atoms with Crippen LogP contribution in [-0.2, 0) is 4.74 Å². The highest BCUT2D eigenvalue weighted by Gasteiger charge is 2.47. The fourth-order valence-electron chi connectivity index (χ4n) is 4.40. The number of halogens is 1. The van der Waals surface area contributed by atoms with Gasteiger partial charge in [0.15, 0.2) is 0 Å². The number of rotatable bonds is 3. The summed E-state index contributed by atoms with van der Waals surface area (Å²) in [7, 11) is 1.27. The van der Waals surface area contributed by atoms with Crippen LogP contribution >= 0.6 is 15.9 Å². The summed E-state index contributed by atoms with van der Waals surface area (Å²) in [5, 5.41) is 0.269. The van der Waals surface area contributed by atoms with Gasteiger partial charge in [-0.1, -0.05) is 26.6 Å². The largest absolute Gasteiger partial charge is 0.397 e. The normalized spacial score (nSPS) is 37.6. The lowest BCUT2D eigenvalue weighted by molar-refractivity contribution is -0.0500. The Hall–Kier alpha value is -0.545. The molecule has 2 aliphatic rings. The van der Waals surface area contributed by atoms with Crippen molar-refractivity contribution in [2.24, 2.45) is 0 Å². The smallest absolute Gasteiger partial charge is 0.131 e. The standard InChI is InChI=1S/C18H28BBrN2O/c1-4-17(2)9-7-15(23-17)18(3)11-12(8-10-19-18)14-6-5-13(21)16(20)22-14/h5-6,12,15,19H,4,7-11,21H2,1-3H3/t12-,15+,17?,18-/m0/s1. The Morgan fingerprint density at radius 2 is 2.17 bits per heavy atom. The van der Waals surface area contributed by atoms with Crippen LogP contribution in [0.4, 0.5) is 5.69 Å². The molecule has 0 aromatic carbocycles. The maximum atomic E-state index is 6.52. The van der Waals surface area contributed by atoms with E-state index in [-0.39, 0.29) is 10.9 Å². The Morgan fingerprint density at radius 1 is 1.39 bits per heavy atom. The first-order valence-electron chi connectivity index (χ1n) is 8.95. The van der Waals surface area contributed by atoms with Crippen LogP contribution in [0.5, 0.6) is 0 Å². The van der Waals surface area contributed by atoms with Crippen molar-refractivity contribution in [3.63, 3.8) is 0 Å². The van der Waals surface area contributed by atoms with Gasteiger partial charge in [-0.25, -0.2) is 4.98 Å². The van der Waals surface area contributed by atoms with E-state index in [1.54, 1.807) is 0 Å². The molecule has 0 amide bonds. The first-order valence-corrected chi connectivity index (χ1v) is 9.74. The molecule has 4 atom stereocenters. The van der Waals surface area contributed by atoms with Gasteiger partial charge in [0.05, 0.1) is 17.4 Å². The highest BCUT2D eigenvalue weighted by molar-refractivity contribution is 9.10. The highest BCUT2D eigenvalue weighted by atomic mass is 79.9. The molecule has 2 N–H and O–H groups in total. The van der Waals surface area contributed by atoms with Crippen LogP contribution in [0.3, 0.4) is 0 Å². The molecule has 5 heteroatoms. The maximum absolute atomic E-state index is 6.52. The van der Waals surface area contributed by atoms with Gasteiger partial charge in [-0.2, -0.15) is 0 Å². The minimum absolute atomic E-state index is 0.0864. The zero-order valence-corrected chi connectivity index (χ0v) is 16.2. The third kappa shape index (κ3) is 3.46. The molecule has 3 rings (SSSR count). The Morgan fingerprint density at radius 3 is 2.83 bits per heavy atom. The van der Waals surface area contributed by atoms with E-state index < -0.39 is 0 Å². The third-order valence-electron chi connectivity index (χ3n) is 6.22. The van der Waals surface area contributed by atoms with Gasteiger partial charge in [0, 0.05) is 11.6 Å². The van der Waals surface area contributed by atoms with E-state index in [0.717, 1.165) is 11.0 Å². The SMILES string of the molecule is CCC1(C)CC[C@H]([C@@]2(C)BCC[C@H](c3ccc(N)c(Br)n3)C2)O1. The zero-order valence-electron chi connectivity index (χ0n) is 14.6. The quantitative estimate of drug-likeness (QED) is 0.613. The molecule has 2 saturated heterocycles. The molecule has 1 aromatic heterocycles. The van der Waals surface area contributed by atoms with Gasteiger partial charge in [-0.05, 0) is 66.0 Å². The predicted octanol–water partition coefficient (Wildman–Crippen LogP) is 4.68. The van der Waals surface area contributed by atoms with Gasteiger partial charge in [0.1, 0.15) is 11.9 Å². The minimum Gasteiger partial charge on any atom is -0.397 e. The predicted molar refractivity (Wildman–Crippen MR) is 101 cm³/mol. The fraction of sp³-hybridized carbons (Fsp3) is 0.722. The van der Waals surface area contributed by atoms with Crippen LogP contribution in [0.1, 0.15) is 64.5 Å². The first kappa shape index (κ1) is 17.3. The molecular formula is C18H28BBrN2O. The molecule has 2 aliphatic heterocycles. The van der Waals surface area contributed by atoms with Gasteiger partial charge in [0.2, 0.25) is 0 Å². The second kappa shape index (κ2) is 6.40. The lowest BCUT2D eigenvalue weighted by Crippen LogP contribution is -2.37. The van der Waals surface area contributed by atoms with E-state index in [0.29, 0.717) is 17.7 Å². The molecule has 3 nitrogen and oxygen atoms in total. The summed E-state index contributed by atoms with van der Waals surface area (Å²) in [6.07, 6.45) is 7.54. The number of ether oxygens (including phenoxy) is 1. The molecule has 0 aliphatic carbocycles. The summed E-state index contributed by atoms with van der Waals surface area (Å²) >= 11 is 3.47. The number of nitrogens with two attached hydrogens (primary N) is 1. The molecule has 23 heavy (non-hydrogen) atoms. The third-order valence-corrected chi connectivity index (χ3v) is 6.85. The second-order valence-corrected chi connectivity index (χ2v) is 8.76. The number of hydrogen-bond acceptors (Lipinski definition) is 3. The Bertz CT molecular complexity index is 584. The zero-order chi connectivity index (χ0) is 16.7. The highest BCUT2D eigenvalue weighted by Crippen LogP contribution is 2.52. The number of nitrogen functional groups attached to an aromatic ring is 1. The molecule has 0 spiro atoms. The van der Waals surface area contributed by atoms with E-state index >= 15 is 0 Å². The average molecular weight is 379 g/mol. The average Bonchev–Trinajstić information content (AvgIpc) is 2.94. The summed E-state index contributed by atoms with van der Waals surface area (Å²) in [5.74, 6) is 0.516. The summed E-state index contributed by atoms with van der Waals surface area (Å²) in [4.78, 5) is 4.68. The van der Waals surface area contributed by atoms with Gasteiger partial charge in [-0.15, -0.1) is 0 Å². The van der Waals surface area contributed by atoms with Gasteiger partial charge < -0.3 is 10.5 Å². The number of aromatic nitrogens is 1. The maximum Gasteiger partial charge on any atom is 0.131 e. The van der Waals surface area contributed by atoms with Crippen LogP contribution in [0.2, 0.25) is 11.6 Å². The summed E-state index contributed by atoms with van der Waals surface area (Å²) in [6, 6.07) is 4.07. The van der Waals surface area contributed by atoms with Crippen molar-refractivity contribution in [3.05, 3.63) is 22.4 Å². The van der Waals surface area contributed by atoms with Crippen LogP contribution in [-0.4, -0.2) is 24.0 Å². The molecule has 0 bridgehead atoms. The topological polar surface area (TPSA) is 48.1 Å². The summed E-state index contributed by atoms with van der Waals surface area (Å²) in [5.41, 5.74) is 7.86. The molecule has 3 heterocycles. The van der Waals surface area contributed by atoms with Gasteiger partial charge >= 0.3 is 0 Å². The second-order valence-electron chi connectivity index (χ2n) is 8.01. The van der Waals surface area contributed by atoms with Gasteiger partial charge in [0.25, 0.3) is 0 Å². The molecule has 0 saturated carbocycles. The molecule has 126 valence electrons. The van der Waals surface area contributed by atoms with E-state index in [1.165, 1.54) is 45.0 Å². The first-order chi connectivity index (χ1) is 10.9. The number of nitrogens with zero attached hydrogens (tertiary/aromatic N) is 1. The van der Waals surface area contributed by atoms with Crippen molar-refractivity contribution in [1.82, 2.24) is 4.98 Å². The van der Waals surface area contributed by atoms with Crippen molar-refractivity contribution < 1.29 is 4.74 Å². The van der Waals surface area contributed by atoms with Crippen LogP contribution < -0.4 is 5.73 Å². The number of hydrogen-bond donors (Lipinski definition) is 1. The summed E-state index contributed by atoms with van der Waals surface area (Å²) < 4.78 is 7.29. The number of anilines is 1. The number of pyridine rings is 1. The lowest BCUT2D eigenvalue weighted by atomic mass is 9.42. The molecule has 1 unspecified atom stereocenters. The van der Waals surface area contributed by atoms with Crippen molar-refractivity contribution in [2.75, 3.05) is 5.73 Å². The fourth-order valence-corrected chi connectivity index (χ4v) is 4.74. The molecular weight excluding hydrogens is 351 g/mol. The van der Waals surface area contributed by atoms with E-state index in [4.69, 9.17) is 10.5 Å².